The molecule has 5 heteroatoms. The van der Waals surface area contributed by atoms with Crippen LogP contribution in [-0.2, 0) is 4.74 Å². The van der Waals surface area contributed by atoms with Gasteiger partial charge < -0.3 is 20.5 Å². The molecule has 19 heavy (non-hydrogen) atoms. The normalized spacial score (nSPS) is 23.4. The molecule has 1 fully saturated rings. The molecule has 5 nitrogen and oxygen atoms in total. The number of aromatic carboxylic acids is 1. The number of nitrogens with two attached hydrogens (primary N) is 1. The van der Waals surface area contributed by atoms with Gasteiger partial charge in [-0.1, -0.05) is 13.0 Å². The van der Waals surface area contributed by atoms with Gasteiger partial charge in [0.1, 0.15) is 0 Å². The zero-order chi connectivity index (χ0) is 14.0. The third-order valence-electron chi connectivity index (χ3n) is 3.56. The molecule has 1 saturated heterocycles. The van der Waals surface area contributed by atoms with Gasteiger partial charge in [-0.05, 0) is 25.5 Å². The van der Waals surface area contributed by atoms with Gasteiger partial charge in [0, 0.05) is 6.54 Å². The van der Waals surface area contributed by atoms with Crippen LogP contribution < -0.4 is 10.6 Å². The van der Waals surface area contributed by atoms with Crippen molar-refractivity contribution in [1.82, 2.24) is 0 Å². The summed E-state index contributed by atoms with van der Waals surface area (Å²) in [6, 6.07) is 5.39. The minimum atomic E-state index is -0.992. The van der Waals surface area contributed by atoms with Gasteiger partial charge in [-0.3, -0.25) is 0 Å². The summed E-state index contributed by atoms with van der Waals surface area (Å²) in [6.45, 7) is 5.48. The van der Waals surface area contributed by atoms with E-state index < -0.39 is 5.97 Å². The fourth-order valence-corrected chi connectivity index (χ4v) is 2.47. The number of anilines is 2. The highest BCUT2D eigenvalue weighted by molar-refractivity contribution is 5.97. The Morgan fingerprint density at radius 1 is 1.58 bits per heavy atom. The van der Waals surface area contributed by atoms with E-state index in [9.17, 15) is 4.79 Å². The Labute approximate surface area is 113 Å². The second-order valence-corrected chi connectivity index (χ2v) is 4.90. The average Bonchev–Trinajstić information content (AvgIpc) is 2.38. The molecule has 1 aromatic rings. The van der Waals surface area contributed by atoms with Gasteiger partial charge in [0.05, 0.1) is 35.7 Å². The van der Waals surface area contributed by atoms with Crippen LogP contribution in [0.4, 0.5) is 11.4 Å². The highest BCUT2D eigenvalue weighted by Crippen LogP contribution is 2.31. The topological polar surface area (TPSA) is 75.8 Å². The third kappa shape index (κ3) is 2.66. The molecule has 0 aliphatic carbocycles. The Morgan fingerprint density at radius 2 is 2.32 bits per heavy atom. The predicted octanol–water partition coefficient (Wildman–Crippen LogP) is 1.97. The quantitative estimate of drug-likeness (QED) is 0.816. The first-order chi connectivity index (χ1) is 9.04. The molecule has 1 aliphatic rings. The molecular weight excluding hydrogens is 244 g/mol. The molecule has 0 saturated carbocycles. The van der Waals surface area contributed by atoms with Crippen molar-refractivity contribution in [3.8, 4) is 0 Å². The summed E-state index contributed by atoms with van der Waals surface area (Å²) in [4.78, 5) is 13.3. The first-order valence-corrected chi connectivity index (χ1v) is 6.54. The zero-order valence-electron chi connectivity index (χ0n) is 11.3. The maximum absolute atomic E-state index is 11.1. The molecule has 0 radical (unpaired) electrons. The van der Waals surface area contributed by atoms with Crippen molar-refractivity contribution < 1.29 is 14.6 Å². The van der Waals surface area contributed by atoms with E-state index in [1.807, 2.05) is 13.0 Å². The average molecular weight is 264 g/mol. The predicted molar refractivity (Wildman–Crippen MR) is 74.7 cm³/mol. The van der Waals surface area contributed by atoms with E-state index >= 15 is 0 Å². The van der Waals surface area contributed by atoms with Crippen molar-refractivity contribution in [1.29, 1.82) is 0 Å². The fraction of sp³-hybridized carbons (Fsp3) is 0.500. The maximum atomic E-state index is 11.1. The molecular formula is C14H20N2O3. The Bertz CT molecular complexity index is 476. The second kappa shape index (κ2) is 5.48. The molecule has 104 valence electrons. The molecule has 2 unspecified atom stereocenters. The number of hydrogen-bond donors (Lipinski definition) is 2. The third-order valence-corrected chi connectivity index (χ3v) is 3.56. The first-order valence-electron chi connectivity index (χ1n) is 6.54. The summed E-state index contributed by atoms with van der Waals surface area (Å²) in [5, 5.41) is 9.14. The van der Waals surface area contributed by atoms with Crippen molar-refractivity contribution in [3.63, 3.8) is 0 Å². The summed E-state index contributed by atoms with van der Waals surface area (Å²) in [5.74, 6) is -0.992. The van der Waals surface area contributed by atoms with Gasteiger partial charge in [-0.25, -0.2) is 4.79 Å². The summed E-state index contributed by atoms with van der Waals surface area (Å²) in [6.07, 6.45) is 1.05. The van der Waals surface area contributed by atoms with Crippen LogP contribution in [0.3, 0.4) is 0 Å². The number of carbonyl (C=O) groups is 1. The van der Waals surface area contributed by atoms with Crippen LogP contribution in [-0.4, -0.2) is 36.4 Å². The van der Waals surface area contributed by atoms with Gasteiger partial charge >= 0.3 is 5.97 Å². The van der Waals surface area contributed by atoms with Crippen LogP contribution in [0.25, 0.3) is 0 Å². The van der Waals surface area contributed by atoms with Crippen LogP contribution in [0.1, 0.15) is 30.6 Å². The zero-order valence-corrected chi connectivity index (χ0v) is 11.3. The Hall–Kier alpha value is -1.75. The van der Waals surface area contributed by atoms with E-state index in [4.69, 9.17) is 15.6 Å². The molecule has 1 aromatic carbocycles. The number of morpholine rings is 1. The molecule has 3 N–H and O–H groups in total. The Balaban J connectivity index is 2.39. The summed E-state index contributed by atoms with van der Waals surface area (Å²) in [7, 11) is 0. The highest BCUT2D eigenvalue weighted by Gasteiger charge is 2.28. The number of nitrogen functional groups attached to an aromatic ring is 1. The van der Waals surface area contributed by atoms with Crippen molar-refractivity contribution in [2.45, 2.75) is 32.4 Å². The van der Waals surface area contributed by atoms with Crippen LogP contribution >= 0.6 is 0 Å². The number of para-hydroxylation sites is 1. The lowest BCUT2D eigenvalue weighted by molar-refractivity contribution is 0.0300. The van der Waals surface area contributed by atoms with E-state index in [1.165, 1.54) is 6.07 Å². The van der Waals surface area contributed by atoms with E-state index in [0.717, 1.165) is 18.7 Å². The van der Waals surface area contributed by atoms with Crippen LogP contribution in [0.2, 0.25) is 0 Å². The summed E-state index contributed by atoms with van der Waals surface area (Å²) < 4.78 is 5.65. The number of ether oxygens (including phenoxy) is 1. The lowest BCUT2D eigenvalue weighted by Crippen LogP contribution is -2.49. The lowest BCUT2D eigenvalue weighted by Gasteiger charge is -2.40. The Morgan fingerprint density at radius 3 is 2.95 bits per heavy atom. The van der Waals surface area contributed by atoms with E-state index in [1.54, 1.807) is 6.07 Å². The lowest BCUT2D eigenvalue weighted by atomic mass is 10.1. The Kier molecular flexibility index (Phi) is 3.95. The SMILES string of the molecule is CCC1COC(C)CN1c1cccc(C(=O)O)c1N. The fourth-order valence-electron chi connectivity index (χ4n) is 2.47. The van der Waals surface area contributed by atoms with Gasteiger partial charge in [0.2, 0.25) is 0 Å². The molecule has 0 amide bonds. The van der Waals surface area contributed by atoms with Crippen LogP contribution in [0.15, 0.2) is 18.2 Å². The van der Waals surface area contributed by atoms with Crippen molar-refractivity contribution >= 4 is 17.3 Å². The van der Waals surface area contributed by atoms with Crippen LogP contribution in [0.5, 0.6) is 0 Å². The van der Waals surface area contributed by atoms with Crippen molar-refractivity contribution in [3.05, 3.63) is 23.8 Å². The molecule has 0 spiro atoms. The molecule has 2 rings (SSSR count). The van der Waals surface area contributed by atoms with Gasteiger partial charge in [-0.15, -0.1) is 0 Å². The minimum absolute atomic E-state index is 0.121. The number of hydrogen-bond acceptors (Lipinski definition) is 4. The van der Waals surface area contributed by atoms with Crippen molar-refractivity contribution in [2.24, 2.45) is 0 Å². The largest absolute Gasteiger partial charge is 0.478 e. The smallest absolute Gasteiger partial charge is 0.337 e. The van der Waals surface area contributed by atoms with Gasteiger partial charge in [0.15, 0.2) is 0 Å². The highest BCUT2D eigenvalue weighted by atomic mass is 16.5. The molecule has 2 atom stereocenters. The van der Waals surface area contributed by atoms with E-state index in [-0.39, 0.29) is 17.7 Å². The molecule has 1 heterocycles. The molecule has 1 aliphatic heterocycles. The van der Waals surface area contributed by atoms with E-state index in [2.05, 4.69) is 11.8 Å². The number of benzene rings is 1. The second-order valence-electron chi connectivity index (χ2n) is 4.90. The monoisotopic (exact) mass is 264 g/mol. The number of rotatable bonds is 3. The van der Waals surface area contributed by atoms with E-state index in [0.29, 0.717) is 12.3 Å². The number of carboxylic acid groups (broad SMARTS) is 1. The summed E-state index contributed by atoms with van der Waals surface area (Å²) >= 11 is 0. The number of nitrogens with zero attached hydrogens (tertiary/aromatic N) is 1. The first kappa shape index (κ1) is 13.7. The van der Waals surface area contributed by atoms with Gasteiger partial charge in [0.25, 0.3) is 0 Å². The van der Waals surface area contributed by atoms with Crippen LogP contribution in [0, 0.1) is 0 Å². The standard InChI is InChI=1S/C14H20N2O3/c1-3-10-8-19-9(2)7-16(10)12-6-4-5-11(13(12)15)14(17)18/h4-6,9-10H,3,7-8,15H2,1-2H3,(H,17,18). The minimum Gasteiger partial charge on any atom is -0.478 e. The molecule has 0 aromatic heterocycles. The number of carboxylic acids is 1. The maximum Gasteiger partial charge on any atom is 0.337 e. The van der Waals surface area contributed by atoms with Crippen molar-refractivity contribution in [2.75, 3.05) is 23.8 Å². The molecule has 0 bridgehead atoms. The summed E-state index contributed by atoms with van der Waals surface area (Å²) in [5.41, 5.74) is 7.30. The van der Waals surface area contributed by atoms with Gasteiger partial charge in [-0.2, -0.15) is 0 Å².